The second-order valence-electron chi connectivity index (χ2n) is 7.86. The molecule has 0 atom stereocenters. The molecule has 1 aromatic carbocycles. The van der Waals surface area contributed by atoms with Crippen LogP contribution in [0.15, 0.2) is 29.3 Å². The van der Waals surface area contributed by atoms with E-state index in [-0.39, 0.29) is 24.0 Å². The lowest BCUT2D eigenvalue weighted by Crippen LogP contribution is -2.50. The van der Waals surface area contributed by atoms with Gasteiger partial charge in [0.2, 0.25) is 0 Å². The predicted octanol–water partition coefficient (Wildman–Crippen LogP) is 3.95. The molecular formula is C22H37IN4O. The first kappa shape index (κ1) is 23.3. The number of guanidine groups is 1. The van der Waals surface area contributed by atoms with E-state index < -0.39 is 0 Å². The number of ether oxygens (including phenoxy) is 1. The monoisotopic (exact) mass is 500 g/mol. The summed E-state index contributed by atoms with van der Waals surface area (Å²) < 4.78 is 5.86. The third-order valence-electron chi connectivity index (χ3n) is 5.90. The molecule has 158 valence electrons. The molecule has 2 aliphatic rings. The number of nitrogens with zero attached hydrogens (tertiary/aromatic N) is 2. The lowest BCUT2D eigenvalue weighted by atomic mass is 10.0. The minimum Gasteiger partial charge on any atom is -0.493 e. The average Bonchev–Trinajstić information content (AvgIpc) is 3.23. The van der Waals surface area contributed by atoms with Gasteiger partial charge >= 0.3 is 0 Å². The summed E-state index contributed by atoms with van der Waals surface area (Å²) in [6.07, 6.45) is 9.05. The van der Waals surface area contributed by atoms with E-state index in [1.807, 2.05) is 25.2 Å². The number of hydrogen-bond acceptors (Lipinski definition) is 3. The van der Waals surface area contributed by atoms with Crippen LogP contribution in [0.1, 0.15) is 50.5 Å². The largest absolute Gasteiger partial charge is 0.493 e. The number of likely N-dealkylation sites (tertiary alicyclic amines) is 1. The topological polar surface area (TPSA) is 48.9 Å². The van der Waals surface area contributed by atoms with E-state index in [1.165, 1.54) is 57.2 Å². The zero-order valence-electron chi connectivity index (χ0n) is 17.5. The number of hydrogen-bond donors (Lipinski definition) is 2. The van der Waals surface area contributed by atoms with Crippen molar-refractivity contribution < 1.29 is 4.74 Å². The number of piperidine rings is 1. The molecule has 1 saturated heterocycles. The van der Waals surface area contributed by atoms with Crippen molar-refractivity contribution in [2.45, 2.75) is 64.0 Å². The van der Waals surface area contributed by atoms with Crippen LogP contribution in [0.25, 0.3) is 0 Å². The van der Waals surface area contributed by atoms with Gasteiger partial charge < -0.3 is 20.3 Å². The van der Waals surface area contributed by atoms with Gasteiger partial charge in [0.25, 0.3) is 0 Å². The third kappa shape index (κ3) is 7.10. The van der Waals surface area contributed by atoms with Crippen LogP contribution < -0.4 is 15.4 Å². The van der Waals surface area contributed by atoms with Crippen molar-refractivity contribution in [3.63, 3.8) is 0 Å². The highest BCUT2D eigenvalue weighted by Crippen LogP contribution is 2.26. The zero-order valence-corrected chi connectivity index (χ0v) is 19.8. The summed E-state index contributed by atoms with van der Waals surface area (Å²) in [4.78, 5) is 7.10. The number of halogens is 1. The van der Waals surface area contributed by atoms with Crippen molar-refractivity contribution in [1.29, 1.82) is 0 Å². The van der Waals surface area contributed by atoms with Gasteiger partial charge in [0.15, 0.2) is 5.96 Å². The maximum atomic E-state index is 5.86. The maximum absolute atomic E-state index is 5.86. The first-order chi connectivity index (χ1) is 13.3. The molecule has 0 radical (unpaired) electrons. The number of nitrogens with one attached hydrogen (secondary N) is 2. The Labute approximate surface area is 187 Å². The van der Waals surface area contributed by atoms with Gasteiger partial charge in [-0.05, 0) is 50.7 Å². The Bertz CT molecular complexity index is 596. The van der Waals surface area contributed by atoms with Crippen LogP contribution in [0.5, 0.6) is 5.75 Å². The maximum Gasteiger partial charge on any atom is 0.191 e. The van der Waals surface area contributed by atoms with Crippen LogP contribution in [0.3, 0.4) is 0 Å². The van der Waals surface area contributed by atoms with Crippen LogP contribution in [0.4, 0.5) is 0 Å². The number of para-hydroxylation sites is 1. The minimum absolute atomic E-state index is 0. The molecule has 2 fully saturated rings. The van der Waals surface area contributed by atoms with Crippen LogP contribution >= 0.6 is 24.0 Å². The molecule has 2 N–H and O–H groups in total. The van der Waals surface area contributed by atoms with Gasteiger partial charge in [-0.15, -0.1) is 24.0 Å². The smallest absolute Gasteiger partial charge is 0.191 e. The van der Waals surface area contributed by atoms with E-state index in [9.17, 15) is 0 Å². The molecule has 1 aromatic rings. The summed E-state index contributed by atoms with van der Waals surface area (Å²) >= 11 is 0. The molecule has 28 heavy (non-hydrogen) atoms. The third-order valence-corrected chi connectivity index (χ3v) is 5.90. The predicted molar refractivity (Wildman–Crippen MR) is 128 cm³/mol. The Hall–Kier alpha value is -1.02. The Morgan fingerprint density at radius 2 is 1.86 bits per heavy atom. The number of aliphatic imine (C=N–C) groups is 1. The lowest BCUT2D eigenvalue weighted by molar-refractivity contribution is 0.150. The second kappa shape index (κ2) is 12.5. The van der Waals surface area contributed by atoms with Crippen molar-refractivity contribution in [3.8, 4) is 5.75 Å². The number of rotatable bonds is 7. The minimum atomic E-state index is 0. The van der Waals surface area contributed by atoms with Gasteiger partial charge in [0, 0.05) is 38.8 Å². The van der Waals surface area contributed by atoms with Gasteiger partial charge in [0.05, 0.1) is 6.61 Å². The van der Waals surface area contributed by atoms with Crippen molar-refractivity contribution in [2.75, 3.05) is 33.3 Å². The fourth-order valence-corrected chi connectivity index (χ4v) is 4.25. The van der Waals surface area contributed by atoms with E-state index in [4.69, 9.17) is 4.74 Å². The first-order valence-corrected chi connectivity index (χ1v) is 10.7. The summed E-state index contributed by atoms with van der Waals surface area (Å²) in [7, 11) is 1.85. The summed E-state index contributed by atoms with van der Waals surface area (Å²) in [5.74, 6) is 1.90. The normalized spacial score (nSPS) is 19.3. The molecule has 5 nitrogen and oxygen atoms in total. The fraction of sp³-hybridized carbons (Fsp3) is 0.682. The highest BCUT2D eigenvalue weighted by Gasteiger charge is 2.27. The molecule has 0 aromatic heterocycles. The fourth-order valence-electron chi connectivity index (χ4n) is 4.25. The van der Waals surface area contributed by atoms with Crippen LogP contribution in [-0.4, -0.2) is 56.2 Å². The van der Waals surface area contributed by atoms with Crippen LogP contribution in [0.2, 0.25) is 0 Å². The molecule has 1 aliphatic heterocycles. The van der Waals surface area contributed by atoms with Gasteiger partial charge in [-0.1, -0.05) is 31.0 Å². The van der Waals surface area contributed by atoms with E-state index in [0.717, 1.165) is 30.7 Å². The highest BCUT2D eigenvalue weighted by atomic mass is 127. The molecule has 1 saturated carbocycles. The zero-order chi connectivity index (χ0) is 18.9. The molecule has 0 amide bonds. The van der Waals surface area contributed by atoms with Crippen LogP contribution in [0, 0.1) is 6.92 Å². The van der Waals surface area contributed by atoms with E-state index >= 15 is 0 Å². The standard InChI is InChI=1S/C22H36N4O.HI/c1-18-8-3-6-11-21(18)27-17-7-14-24-22(23-2)25-19-12-15-26(16-13-19)20-9-4-5-10-20;/h3,6,8,11,19-20H,4-5,7,9-10,12-17H2,1-2H3,(H2,23,24,25);1H. The van der Waals surface area contributed by atoms with Crippen LogP contribution in [-0.2, 0) is 0 Å². The van der Waals surface area contributed by atoms with E-state index in [1.54, 1.807) is 0 Å². The Morgan fingerprint density at radius 3 is 2.54 bits per heavy atom. The quantitative estimate of drug-likeness (QED) is 0.258. The molecule has 6 heteroatoms. The molecule has 1 heterocycles. The molecular weight excluding hydrogens is 463 g/mol. The molecule has 0 bridgehead atoms. The molecule has 0 spiro atoms. The van der Waals surface area contributed by atoms with Gasteiger partial charge in [0.1, 0.15) is 5.75 Å². The van der Waals surface area contributed by atoms with Crippen molar-refractivity contribution in [2.24, 2.45) is 4.99 Å². The summed E-state index contributed by atoms with van der Waals surface area (Å²) in [6.45, 7) is 6.12. The van der Waals surface area contributed by atoms with Gasteiger partial charge in [-0.2, -0.15) is 0 Å². The molecule has 1 aliphatic carbocycles. The summed E-state index contributed by atoms with van der Waals surface area (Å²) in [6, 6.07) is 9.56. The van der Waals surface area contributed by atoms with Gasteiger partial charge in [-0.25, -0.2) is 0 Å². The molecule has 3 rings (SSSR count). The lowest BCUT2D eigenvalue weighted by Gasteiger charge is -2.36. The Morgan fingerprint density at radius 1 is 1.14 bits per heavy atom. The van der Waals surface area contributed by atoms with Crippen molar-refractivity contribution in [3.05, 3.63) is 29.8 Å². The SMILES string of the molecule is CN=C(NCCCOc1ccccc1C)NC1CCN(C2CCCC2)CC1.I. The molecule has 0 unspecified atom stereocenters. The van der Waals surface area contributed by atoms with E-state index in [2.05, 4.69) is 33.5 Å². The summed E-state index contributed by atoms with van der Waals surface area (Å²) in [5.41, 5.74) is 1.19. The number of aryl methyl sites for hydroxylation is 1. The first-order valence-electron chi connectivity index (χ1n) is 10.7. The van der Waals surface area contributed by atoms with E-state index in [0.29, 0.717) is 12.6 Å². The van der Waals surface area contributed by atoms with Crippen molar-refractivity contribution in [1.82, 2.24) is 15.5 Å². The Balaban J connectivity index is 0.00000280. The highest BCUT2D eigenvalue weighted by molar-refractivity contribution is 14.0. The van der Waals surface area contributed by atoms with Crippen molar-refractivity contribution >= 4 is 29.9 Å². The summed E-state index contributed by atoms with van der Waals surface area (Å²) in [5, 5.41) is 7.04. The number of benzene rings is 1. The second-order valence-corrected chi connectivity index (χ2v) is 7.86. The average molecular weight is 500 g/mol. The van der Waals surface area contributed by atoms with Gasteiger partial charge in [-0.3, -0.25) is 4.99 Å². The Kier molecular flexibility index (Phi) is 10.4.